The van der Waals surface area contributed by atoms with Crippen LogP contribution in [-0.4, -0.2) is 18.5 Å². The van der Waals surface area contributed by atoms with Crippen LogP contribution in [-0.2, 0) is 4.79 Å². The number of rotatable bonds is 7. The first kappa shape index (κ1) is 19.2. The van der Waals surface area contributed by atoms with Crippen molar-refractivity contribution < 1.29 is 4.79 Å². The highest BCUT2D eigenvalue weighted by Gasteiger charge is 2.22. The standard InChI is InChI=1S/C19H24N2O.ClH/c1-15(21-18(22)13-8-14-20)19(16-9-4-2-5-10-16)17-11-6-3-7-12-17;/h2-7,9-12,15,19H,8,13-14,20H2,1H3,(H,21,22);1H. The molecule has 0 fully saturated rings. The maximum atomic E-state index is 12.0. The SMILES string of the molecule is CC(NC(=O)CCCN)C(c1ccccc1)c1ccccc1.Cl. The Balaban J connectivity index is 0.00000264. The number of carbonyl (C=O) groups is 1. The van der Waals surface area contributed by atoms with E-state index in [1.165, 1.54) is 11.1 Å². The van der Waals surface area contributed by atoms with Crippen molar-refractivity contribution in [2.45, 2.75) is 31.7 Å². The van der Waals surface area contributed by atoms with Gasteiger partial charge in [0.1, 0.15) is 0 Å². The topological polar surface area (TPSA) is 55.1 Å². The van der Waals surface area contributed by atoms with E-state index in [0.29, 0.717) is 13.0 Å². The number of nitrogens with two attached hydrogens (primary N) is 1. The van der Waals surface area contributed by atoms with Gasteiger partial charge in [0.05, 0.1) is 0 Å². The van der Waals surface area contributed by atoms with E-state index >= 15 is 0 Å². The molecule has 0 aromatic heterocycles. The second-order valence-corrected chi connectivity index (χ2v) is 5.55. The maximum absolute atomic E-state index is 12.0. The number of hydrogen-bond acceptors (Lipinski definition) is 2. The van der Waals surface area contributed by atoms with Gasteiger partial charge in [-0.2, -0.15) is 0 Å². The van der Waals surface area contributed by atoms with Crippen molar-refractivity contribution in [1.82, 2.24) is 5.32 Å². The second-order valence-electron chi connectivity index (χ2n) is 5.55. The molecule has 2 aromatic rings. The highest BCUT2D eigenvalue weighted by Crippen LogP contribution is 2.27. The zero-order chi connectivity index (χ0) is 15.8. The molecular weight excluding hydrogens is 308 g/mol. The zero-order valence-corrected chi connectivity index (χ0v) is 14.3. The summed E-state index contributed by atoms with van der Waals surface area (Å²) >= 11 is 0. The lowest BCUT2D eigenvalue weighted by molar-refractivity contribution is -0.121. The lowest BCUT2D eigenvalue weighted by atomic mass is 9.86. The number of hydrogen-bond donors (Lipinski definition) is 2. The molecule has 2 aromatic carbocycles. The summed E-state index contributed by atoms with van der Waals surface area (Å²) in [6.07, 6.45) is 1.21. The molecule has 3 N–H and O–H groups in total. The normalized spacial score (nSPS) is 11.6. The molecule has 4 heteroatoms. The first-order chi connectivity index (χ1) is 10.7. The predicted molar refractivity (Wildman–Crippen MR) is 97.9 cm³/mol. The summed E-state index contributed by atoms with van der Waals surface area (Å²) < 4.78 is 0. The van der Waals surface area contributed by atoms with Crippen LogP contribution in [0.3, 0.4) is 0 Å². The maximum Gasteiger partial charge on any atom is 0.220 e. The van der Waals surface area contributed by atoms with E-state index in [2.05, 4.69) is 36.5 Å². The molecule has 23 heavy (non-hydrogen) atoms. The van der Waals surface area contributed by atoms with Crippen LogP contribution in [0.15, 0.2) is 60.7 Å². The van der Waals surface area contributed by atoms with Crippen molar-refractivity contribution in [3.05, 3.63) is 71.8 Å². The van der Waals surface area contributed by atoms with Crippen molar-refractivity contribution in [1.29, 1.82) is 0 Å². The molecule has 0 radical (unpaired) electrons. The van der Waals surface area contributed by atoms with Gasteiger partial charge in [-0.1, -0.05) is 60.7 Å². The van der Waals surface area contributed by atoms with E-state index < -0.39 is 0 Å². The third-order valence-corrected chi connectivity index (χ3v) is 3.81. The molecule has 0 heterocycles. The van der Waals surface area contributed by atoms with Gasteiger partial charge in [-0.3, -0.25) is 4.79 Å². The van der Waals surface area contributed by atoms with Gasteiger partial charge < -0.3 is 11.1 Å². The fourth-order valence-electron chi connectivity index (χ4n) is 2.76. The molecule has 1 atom stereocenters. The molecule has 3 nitrogen and oxygen atoms in total. The van der Waals surface area contributed by atoms with Crippen molar-refractivity contribution in [3.8, 4) is 0 Å². The van der Waals surface area contributed by atoms with Crippen molar-refractivity contribution in [2.75, 3.05) is 6.54 Å². The van der Waals surface area contributed by atoms with Crippen molar-refractivity contribution in [3.63, 3.8) is 0 Å². The Bertz CT molecular complexity index is 535. The van der Waals surface area contributed by atoms with Gasteiger partial charge >= 0.3 is 0 Å². The minimum Gasteiger partial charge on any atom is -0.353 e. The van der Waals surface area contributed by atoms with Gasteiger partial charge in [-0.15, -0.1) is 12.4 Å². The van der Waals surface area contributed by atoms with Crippen LogP contribution in [0.1, 0.15) is 36.8 Å². The van der Waals surface area contributed by atoms with E-state index in [1.54, 1.807) is 0 Å². The number of halogens is 1. The van der Waals surface area contributed by atoms with Crippen LogP contribution in [0.4, 0.5) is 0 Å². The molecule has 0 saturated heterocycles. The molecule has 1 unspecified atom stereocenters. The summed E-state index contributed by atoms with van der Waals surface area (Å²) in [6, 6.07) is 20.6. The van der Waals surface area contributed by atoms with E-state index in [1.807, 2.05) is 36.4 Å². The van der Waals surface area contributed by atoms with E-state index in [4.69, 9.17) is 5.73 Å². The minimum atomic E-state index is 0. The zero-order valence-electron chi connectivity index (χ0n) is 13.4. The Morgan fingerprint density at radius 2 is 1.48 bits per heavy atom. The van der Waals surface area contributed by atoms with E-state index in [0.717, 1.165) is 6.42 Å². The Labute approximate surface area is 144 Å². The van der Waals surface area contributed by atoms with Crippen molar-refractivity contribution >= 4 is 18.3 Å². The van der Waals surface area contributed by atoms with Gasteiger partial charge in [-0.25, -0.2) is 0 Å². The fourth-order valence-corrected chi connectivity index (χ4v) is 2.76. The Morgan fingerprint density at radius 3 is 1.91 bits per heavy atom. The average molecular weight is 333 g/mol. The first-order valence-corrected chi connectivity index (χ1v) is 7.81. The minimum absolute atomic E-state index is 0. The Kier molecular flexibility index (Phi) is 8.38. The van der Waals surface area contributed by atoms with Gasteiger partial charge in [-0.05, 0) is 31.0 Å². The fraction of sp³-hybridized carbons (Fsp3) is 0.316. The lowest BCUT2D eigenvalue weighted by Gasteiger charge is -2.26. The third kappa shape index (κ3) is 5.70. The number of nitrogens with one attached hydrogen (secondary N) is 1. The number of benzene rings is 2. The van der Waals surface area contributed by atoms with Crippen LogP contribution < -0.4 is 11.1 Å². The summed E-state index contributed by atoms with van der Waals surface area (Å²) in [6.45, 7) is 2.60. The van der Waals surface area contributed by atoms with Crippen LogP contribution in [0.2, 0.25) is 0 Å². The molecular formula is C19H25ClN2O. The Hall–Kier alpha value is -1.84. The summed E-state index contributed by atoms with van der Waals surface area (Å²) in [5.74, 6) is 0.207. The van der Waals surface area contributed by atoms with Crippen molar-refractivity contribution in [2.24, 2.45) is 5.73 Å². The summed E-state index contributed by atoms with van der Waals surface area (Å²) in [5, 5.41) is 3.12. The molecule has 0 aliphatic carbocycles. The molecule has 0 aliphatic rings. The van der Waals surface area contributed by atoms with E-state index in [9.17, 15) is 4.79 Å². The van der Waals surface area contributed by atoms with Crippen LogP contribution in [0.5, 0.6) is 0 Å². The lowest BCUT2D eigenvalue weighted by Crippen LogP contribution is -2.37. The summed E-state index contributed by atoms with van der Waals surface area (Å²) in [7, 11) is 0. The molecule has 0 bridgehead atoms. The first-order valence-electron chi connectivity index (χ1n) is 7.81. The van der Waals surface area contributed by atoms with Gasteiger partial charge in [0, 0.05) is 18.4 Å². The molecule has 0 aliphatic heterocycles. The largest absolute Gasteiger partial charge is 0.353 e. The number of amides is 1. The second kappa shape index (κ2) is 10.0. The highest BCUT2D eigenvalue weighted by atomic mass is 35.5. The Morgan fingerprint density at radius 1 is 1.00 bits per heavy atom. The van der Waals surface area contributed by atoms with Gasteiger partial charge in [0.2, 0.25) is 5.91 Å². The monoisotopic (exact) mass is 332 g/mol. The highest BCUT2D eigenvalue weighted by molar-refractivity contribution is 5.85. The summed E-state index contributed by atoms with van der Waals surface area (Å²) in [4.78, 5) is 12.0. The van der Waals surface area contributed by atoms with Gasteiger partial charge in [0.25, 0.3) is 0 Å². The predicted octanol–water partition coefficient (Wildman–Crippen LogP) is 3.48. The average Bonchev–Trinajstić information content (AvgIpc) is 2.55. The molecule has 0 spiro atoms. The van der Waals surface area contributed by atoms with Crippen LogP contribution in [0.25, 0.3) is 0 Å². The number of carbonyl (C=O) groups excluding carboxylic acids is 1. The smallest absolute Gasteiger partial charge is 0.220 e. The van der Waals surface area contributed by atoms with Crippen LogP contribution >= 0.6 is 12.4 Å². The molecule has 0 saturated carbocycles. The molecule has 124 valence electrons. The quantitative estimate of drug-likeness (QED) is 0.815. The third-order valence-electron chi connectivity index (χ3n) is 3.81. The van der Waals surface area contributed by atoms with Gasteiger partial charge in [0.15, 0.2) is 0 Å². The summed E-state index contributed by atoms with van der Waals surface area (Å²) in [5.41, 5.74) is 7.89. The molecule has 1 amide bonds. The van der Waals surface area contributed by atoms with Crippen LogP contribution in [0, 0.1) is 0 Å². The van der Waals surface area contributed by atoms with E-state index in [-0.39, 0.29) is 30.3 Å². The molecule has 2 rings (SSSR count).